The van der Waals surface area contributed by atoms with E-state index in [1.165, 1.54) is 25.9 Å². The van der Waals surface area contributed by atoms with E-state index >= 15 is 0 Å². The van der Waals surface area contributed by atoms with Gasteiger partial charge >= 0.3 is 0 Å². The van der Waals surface area contributed by atoms with Gasteiger partial charge in [0.2, 0.25) is 0 Å². The van der Waals surface area contributed by atoms with E-state index in [9.17, 15) is 0 Å². The van der Waals surface area contributed by atoms with Gasteiger partial charge in [-0.05, 0) is 38.1 Å². The highest BCUT2D eigenvalue weighted by Crippen LogP contribution is 2.31. The number of nitrogens with two attached hydrogens (primary N) is 2. The number of likely N-dealkylation sites (tertiary alicyclic amines) is 1. The molecule has 0 atom stereocenters. The van der Waals surface area contributed by atoms with E-state index in [0.29, 0.717) is 23.8 Å². The minimum atomic E-state index is 0.0229. The molecule has 1 heterocycles. The fourth-order valence-electron chi connectivity index (χ4n) is 2.29. The van der Waals surface area contributed by atoms with Crippen molar-refractivity contribution in [2.24, 2.45) is 16.5 Å². The smallest absolute Gasteiger partial charge is 0.191 e. The number of methoxy groups -OCH3 is 1. The first-order valence-corrected chi connectivity index (χ1v) is 6.82. The second-order valence-corrected chi connectivity index (χ2v) is 4.77. The lowest BCUT2D eigenvalue weighted by molar-refractivity contribution is 0.230. The predicted molar refractivity (Wildman–Crippen MR) is 79.6 cm³/mol. The summed E-state index contributed by atoms with van der Waals surface area (Å²) in [5, 5.41) is 0. The highest BCUT2D eigenvalue weighted by Gasteiger charge is 2.12. The third-order valence-corrected chi connectivity index (χ3v) is 3.27. The molecule has 1 saturated heterocycles. The van der Waals surface area contributed by atoms with Crippen LogP contribution < -0.4 is 20.9 Å². The lowest BCUT2D eigenvalue weighted by atomic mass is 10.3. The molecule has 6 nitrogen and oxygen atoms in total. The van der Waals surface area contributed by atoms with Gasteiger partial charge in [-0.25, -0.2) is 4.99 Å². The van der Waals surface area contributed by atoms with Gasteiger partial charge in [-0.2, -0.15) is 0 Å². The Labute approximate surface area is 119 Å². The van der Waals surface area contributed by atoms with Crippen LogP contribution in [0.1, 0.15) is 12.8 Å². The molecule has 1 aliphatic heterocycles. The van der Waals surface area contributed by atoms with Gasteiger partial charge < -0.3 is 20.9 Å². The predicted octanol–water partition coefficient (Wildman–Crippen LogP) is 1.07. The SMILES string of the molecule is COc1cc(N=C(N)N)ccc1OCCN1CCCC1. The summed E-state index contributed by atoms with van der Waals surface area (Å²) in [6.45, 7) is 3.94. The summed E-state index contributed by atoms with van der Waals surface area (Å²) in [6.07, 6.45) is 2.58. The minimum Gasteiger partial charge on any atom is -0.493 e. The van der Waals surface area contributed by atoms with Crippen molar-refractivity contribution in [2.75, 3.05) is 33.4 Å². The van der Waals surface area contributed by atoms with E-state index in [0.717, 1.165) is 6.54 Å². The molecule has 1 aliphatic rings. The number of nitrogens with zero attached hydrogens (tertiary/aromatic N) is 2. The van der Waals surface area contributed by atoms with Gasteiger partial charge in [0.25, 0.3) is 0 Å². The molecule has 4 N–H and O–H groups in total. The molecule has 0 bridgehead atoms. The first-order chi connectivity index (χ1) is 9.69. The van der Waals surface area contributed by atoms with Gasteiger partial charge in [-0.1, -0.05) is 0 Å². The molecule has 1 aromatic rings. The maximum absolute atomic E-state index is 5.77. The van der Waals surface area contributed by atoms with E-state index < -0.39 is 0 Å². The zero-order chi connectivity index (χ0) is 14.4. The van der Waals surface area contributed by atoms with Gasteiger partial charge in [0.1, 0.15) is 6.61 Å². The van der Waals surface area contributed by atoms with Crippen LogP contribution in [0.25, 0.3) is 0 Å². The molecule has 0 saturated carbocycles. The van der Waals surface area contributed by atoms with Crippen LogP contribution in [0.5, 0.6) is 11.5 Å². The topological polar surface area (TPSA) is 86.1 Å². The first kappa shape index (κ1) is 14.5. The summed E-state index contributed by atoms with van der Waals surface area (Å²) in [7, 11) is 1.60. The molecular formula is C14H22N4O2. The van der Waals surface area contributed by atoms with Crippen molar-refractivity contribution < 1.29 is 9.47 Å². The summed E-state index contributed by atoms with van der Waals surface area (Å²) < 4.78 is 11.1. The standard InChI is InChI=1S/C14H22N4O2/c1-19-13-10-11(17-14(15)16)4-5-12(13)20-9-8-18-6-2-3-7-18/h4-5,10H,2-3,6-9H2,1H3,(H4,15,16,17). The number of benzene rings is 1. The van der Waals surface area contributed by atoms with Crippen molar-refractivity contribution in [3.63, 3.8) is 0 Å². The first-order valence-electron chi connectivity index (χ1n) is 6.82. The third-order valence-electron chi connectivity index (χ3n) is 3.27. The molecule has 0 aliphatic carbocycles. The van der Waals surface area contributed by atoms with Crippen LogP contribution in [-0.2, 0) is 0 Å². The Morgan fingerprint density at radius 2 is 2.00 bits per heavy atom. The van der Waals surface area contributed by atoms with Gasteiger partial charge in [0.05, 0.1) is 12.8 Å². The van der Waals surface area contributed by atoms with E-state index in [1.54, 1.807) is 19.2 Å². The van der Waals surface area contributed by atoms with Gasteiger partial charge in [-0.15, -0.1) is 0 Å². The molecule has 0 radical (unpaired) electrons. The van der Waals surface area contributed by atoms with Crippen molar-refractivity contribution in [1.82, 2.24) is 4.90 Å². The molecule has 1 fully saturated rings. The largest absolute Gasteiger partial charge is 0.493 e. The summed E-state index contributed by atoms with van der Waals surface area (Å²) >= 11 is 0. The number of rotatable bonds is 6. The van der Waals surface area contributed by atoms with Gasteiger partial charge in [0.15, 0.2) is 17.5 Å². The Kier molecular flexibility index (Phi) is 5.06. The van der Waals surface area contributed by atoms with Crippen LogP contribution >= 0.6 is 0 Å². The second-order valence-electron chi connectivity index (χ2n) is 4.77. The average molecular weight is 278 g/mol. The number of hydrogen-bond donors (Lipinski definition) is 2. The van der Waals surface area contributed by atoms with E-state index in [1.807, 2.05) is 6.07 Å². The summed E-state index contributed by atoms with van der Waals surface area (Å²) in [4.78, 5) is 6.38. The zero-order valence-electron chi connectivity index (χ0n) is 11.8. The molecule has 0 aromatic heterocycles. The maximum Gasteiger partial charge on any atom is 0.191 e. The summed E-state index contributed by atoms with van der Waals surface area (Å²) in [5.74, 6) is 1.37. The molecule has 2 rings (SSSR count). The van der Waals surface area contributed by atoms with Crippen molar-refractivity contribution in [2.45, 2.75) is 12.8 Å². The van der Waals surface area contributed by atoms with Crippen molar-refractivity contribution in [1.29, 1.82) is 0 Å². The van der Waals surface area contributed by atoms with E-state index in [-0.39, 0.29) is 5.96 Å². The van der Waals surface area contributed by atoms with Crippen LogP contribution in [0, 0.1) is 0 Å². The quantitative estimate of drug-likeness (QED) is 0.600. The molecule has 1 aromatic carbocycles. The minimum absolute atomic E-state index is 0.0229. The highest BCUT2D eigenvalue weighted by atomic mass is 16.5. The lowest BCUT2D eigenvalue weighted by Crippen LogP contribution is -2.25. The Morgan fingerprint density at radius 1 is 1.25 bits per heavy atom. The normalized spacial score (nSPS) is 15.1. The third kappa shape index (κ3) is 4.03. The van der Waals surface area contributed by atoms with E-state index in [4.69, 9.17) is 20.9 Å². The Morgan fingerprint density at radius 3 is 2.65 bits per heavy atom. The van der Waals surface area contributed by atoms with Crippen LogP contribution in [-0.4, -0.2) is 44.2 Å². The van der Waals surface area contributed by atoms with Crippen LogP contribution in [0.4, 0.5) is 5.69 Å². The average Bonchev–Trinajstić information content (AvgIpc) is 2.92. The van der Waals surface area contributed by atoms with Crippen LogP contribution in [0.15, 0.2) is 23.2 Å². The van der Waals surface area contributed by atoms with Crippen molar-refractivity contribution in [3.8, 4) is 11.5 Å². The Bertz CT molecular complexity index is 466. The van der Waals surface area contributed by atoms with Gasteiger partial charge in [0, 0.05) is 12.6 Å². The fourth-order valence-corrected chi connectivity index (χ4v) is 2.29. The monoisotopic (exact) mass is 278 g/mol. The molecule has 6 heteroatoms. The highest BCUT2D eigenvalue weighted by molar-refractivity contribution is 5.79. The summed E-state index contributed by atoms with van der Waals surface area (Å²) in [6, 6.07) is 5.38. The van der Waals surface area contributed by atoms with Gasteiger partial charge in [-0.3, -0.25) is 4.90 Å². The number of hydrogen-bond acceptors (Lipinski definition) is 4. The maximum atomic E-state index is 5.77. The van der Waals surface area contributed by atoms with E-state index in [2.05, 4.69) is 9.89 Å². The second kappa shape index (κ2) is 7.00. The van der Waals surface area contributed by atoms with Crippen molar-refractivity contribution in [3.05, 3.63) is 18.2 Å². The number of guanidine groups is 1. The number of ether oxygens (including phenoxy) is 2. The van der Waals surface area contributed by atoms with Crippen LogP contribution in [0.2, 0.25) is 0 Å². The number of aliphatic imine (C=N–C) groups is 1. The zero-order valence-corrected chi connectivity index (χ0v) is 11.8. The molecule has 20 heavy (non-hydrogen) atoms. The summed E-state index contributed by atoms with van der Waals surface area (Å²) in [5.41, 5.74) is 11.4. The molecule has 0 amide bonds. The Balaban J connectivity index is 1.94. The lowest BCUT2D eigenvalue weighted by Gasteiger charge is -2.16. The Hall–Kier alpha value is -1.95. The van der Waals surface area contributed by atoms with Crippen molar-refractivity contribution >= 4 is 11.6 Å². The fraction of sp³-hybridized carbons (Fsp3) is 0.500. The molecule has 0 unspecified atom stereocenters. The van der Waals surface area contributed by atoms with Crippen LogP contribution in [0.3, 0.4) is 0 Å². The molecular weight excluding hydrogens is 256 g/mol. The molecule has 0 spiro atoms. The molecule has 110 valence electrons.